The van der Waals surface area contributed by atoms with Gasteiger partial charge in [-0.05, 0) is 23.6 Å². The van der Waals surface area contributed by atoms with E-state index in [0.717, 1.165) is 17.5 Å². The van der Waals surface area contributed by atoms with Crippen molar-refractivity contribution in [3.63, 3.8) is 0 Å². The van der Waals surface area contributed by atoms with E-state index < -0.39 is 5.91 Å². The lowest BCUT2D eigenvalue weighted by Gasteiger charge is -1.98. The molecule has 1 amide bonds. The number of allylic oxidation sites excluding steroid dienone is 1. The van der Waals surface area contributed by atoms with Gasteiger partial charge in [-0.3, -0.25) is 9.78 Å². The topological polar surface area (TPSA) is 56.0 Å². The highest BCUT2D eigenvalue weighted by Gasteiger charge is 2.08. The number of pyridine rings is 1. The standard InChI is InChI=1S/C9H8N2O/c10-9(12)8-4-6-2-1-3-7(6)5-11-8/h1-2,4-5H,3H2,(H2,10,12). The second-order valence-corrected chi connectivity index (χ2v) is 2.74. The second kappa shape index (κ2) is 2.44. The van der Waals surface area contributed by atoms with Crippen molar-refractivity contribution in [3.05, 3.63) is 35.2 Å². The van der Waals surface area contributed by atoms with E-state index in [9.17, 15) is 4.79 Å². The van der Waals surface area contributed by atoms with Crippen molar-refractivity contribution in [2.75, 3.05) is 0 Å². The van der Waals surface area contributed by atoms with Crippen molar-refractivity contribution in [1.82, 2.24) is 4.98 Å². The quantitative estimate of drug-likeness (QED) is 0.659. The van der Waals surface area contributed by atoms with E-state index in [1.165, 1.54) is 0 Å². The Morgan fingerprint density at radius 3 is 3.17 bits per heavy atom. The third kappa shape index (κ3) is 0.993. The van der Waals surface area contributed by atoms with Crippen LogP contribution in [0.3, 0.4) is 0 Å². The number of fused-ring (bicyclic) bond motifs is 1. The minimum Gasteiger partial charge on any atom is -0.364 e. The van der Waals surface area contributed by atoms with Gasteiger partial charge in [0.2, 0.25) is 0 Å². The molecule has 0 spiro atoms. The van der Waals surface area contributed by atoms with Gasteiger partial charge in [-0.15, -0.1) is 0 Å². The normalized spacial score (nSPS) is 13.0. The Hall–Kier alpha value is -1.64. The van der Waals surface area contributed by atoms with Gasteiger partial charge in [0, 0.05) is 6.20 Å². The molecule has 0 aromatic carbocycles. The van der Waals surface area contributed by atoms with Gasteiger partial charge in [-0.25, -0.2) is 0 Å². The summed E-state index contributed by atoms with van der Waals surface area (Å²) in [6, 6.07) is 1.72. The van der Waals surface area contributed by atoms with Gasteiger partial charge in [0.1, 0.15) is 5.69 Å². The zero-order chi connectivity index (χ0) is 8.55. The first-order chi connectivity index (χ1) is 5.77. The Bertz CT molecular complexity index is 369. The molecule has 2 rings (SSSR count). The summed E-state index contributed by atoms with van der Waals surface area (Å²) in [4.78, 5) is 14.7. The lowest BCUT2D eigenvalue weighted by molar-refractivity contribution is 0.0995. The van der Waals surface area contributed by atoms with E-state index in [1.807, 2.05) is 12.2 Å². The second-order valence-electron chi connectivity index (χ2n) is 2.74. The van der Waals surface area contributed by atoms with E-state index in [1.54, 1.807) is 12.3 Å². The zero-order valence-corrected chi connectivity index (χ0v) is 6.45. The van der Waals surface area contributed by atoms with Crippen LogP contribution < -0.4 is 5.73 Å². The Morgan fingerprint density at radius 1 is 1.58 bits per heavy atom. The fourth-order valence-electron chi connectivity index (χ4n) is 1.27. The molecule has 12 heavy (non-hydrogen) atoms. The van der Waals surface area contributed by atoms with E-state index in [0.29, 0.717) is 5.69 Å². The van der Waals surface area contributed by atoms with Crippen LogP contribution in [-0.2, 0) is 6.42 Å². The van der Waals surface area contributed by atoms with Crippen LogP contribution in [0.4, 0.5) is 0 Å². The van der Waals surface area contributed by atoms with Gasteiger partial charge in [-0.1, -0.05) is 12.2 Å². The SMILES string of the molecule is NC(=O)c1cc2c(cn1)CC=C2. The van der Waals surface area contributed by atoms with Gasteiger partial charge in [0.05, 0.1) is 0 Å². The fraction of sp³-hybridized carbons (Fsp3) is 0.111. The molecule has 1 aliphatic carbocycles. The van der Waals surface area contributed by atoms with Gasteiger partial charge < -0.3 is 5.73 Å². The molecule has 0 atom stereocenters. The highest BCUT2D eigenvalue weighted by Crippen LogP contribution is 2.18. The van der Waals surface area contributed by atoms with Crippen LogP contribution in [0.5, 0.6) is 0 Å². The van der Waals surface area contributed by atoms with Crippen LogP contribution in [0.1, 0.15) is 21.6 Å². The van der Waals surface area contributed by atoms with Crippen LogP contribution in [0.2, 0.25) is 0 Å². The average Bonchev–Trinajstić information content (AvgIpc) is 2.49. The summed E-state index contributed by atoms with van der Waals surface area (Å²) in [5.41, 5.74) is 7.62. The number of hydrogen-bond donors (Lipinski definition) is 1. The average molecular weight is 160 g/mol. The first-order valence-corrected chi connectivity index (χ1v) is 3.72. The van der Waals surface area contributed by atoms with Gasteiger partial charge in [-0.2, -0.15) is 0 Å². The highest BCUT2D eigenvalue weighted by atomic mass is 16.1. The summed E-state index contributed by atoms with van der Waals surface area (Å²) in [5, 5.41) is 0. The van der Waals surface area contributed by atoms with Crippen LogP contribution in [0.25, 0.3) is 6.08 Å². The van der Waals surface area contributed by atoms with Gasteiger partial charge in [0.25, 0.3) is 5.91 Å². The number of carbonyl (C=O) groups excluding carboxylic acids is 1. The molecule has 1 aromatic rings. The van der Waals surface area contributed by atoms with Crippen molar-refractivity contribution in [1.29, 1.82) is 0 Å². The molecule has 1 aromatic heterocycles. The van der Waals surface area contributed by atoms with Crippen molar-refractivity contribution in [3.8, 4) is 0 Å². The summed E-state index contributed by atoms with van der Waals surface area (Å²) in [6.07, 6.45) is 6.62. The van der Waals surface area contributed by atoms with Crippen molar-refractivity contribution < 1.29 is 4.79 Å². The third-order valence-corrected chi connectivity index (χ3v) is 1.91. The number of carbonyl (C=O) groups is 1. The molecule has 3 heteroatoms. The van der Waals surface area contributed by atoms with Crippen LogP contribution in [-0.4, -0.2) is 10.9 Å². The van der Waals surface area contributed by atoms with Gasteiger partial charge >= 0.3 is 0 Å². The summed E-state index contributed by atoms with van der Waals surface area (Å²) < 4.78 is 0. The Balaban J connectivity index is 2.51. The maximum atomic E-state index is 10.7. The van der Waals surface area contributed by atoms with Crippen molar-refractivity contribution >= 4 is 12.0 Å². The lowest BCUT2D eigenvalue weighted by atomic mass is 10.1. The molecule has 1 heterocycles. The summed E-state index contributed by atoms with van der Waals surface area (Å²) in [6.45, 7) is 0. The number of aromatic nitrogens is 1. The van der Waals surface area contributed by atoms with E-state index in [-0.39, 0.29) is 0 Å². The molecule has 0 fully saturated rings. The summed E-state index contributed by atoms with van der Waals surface area (Å²) >= 11 is 0. The van der Waals surface area contributed by atoms with Crippen LogP contribution in [0.15, 0.2) is 18.3 Å². The number of nitrogens with two attached hydrogens (primary N) is 1. The van der Waals surface area contributed by atoms with Crippen molar-refractivity contribution in [2.24, 2.45) is 5.73 Å². The van der Waals surface area contributed by atoms with Crippen molar-refractivity contribution in [2.45, 2.75) is 6.42 Å². The van der Waals surface area contributed by atoms with Gasteiger partial charge in [0.15, 0.2) is 0 Å². The Labute approximate surface area is 69.9 Å². The third-order valence-electron chi connectivity index (χ3n) is 1.91. The van der Waals surface area contributed by atoms with E-state index >= 15 is 0 Å². The Kier molecular flexibility index (Phi) is 1.43. The molecule has 0 saturated carbocycles. The number of primary amides is 1. The molecule has 1 aliphatic rings. The molecule has 60 valence electrons. The maximum absolute atomic E-state index is 10.7. The molecule has 0 radical (unpaired) electrons. The highest BCUT2D eigenvalue weighted by molar-refractivity contribution is 5.91. The first kappa shape index (κ1) is 7.03. The first-order valence-electron chi connectivity index (χ1n) is 3.72. The summed E-state index contributed by atoms with van der Waals surface area (Å²) in [7, 11) is 0. The number of amides is 1. The minimum absolute atomic E-state index is 0.334. The smallest absolute Gasteiger partial charge is 0.267 e. The Morgan fingerprint density at radius 2 is 2.42 bits per heavy atom. The molecule has 0 bridgehead atoms. The number of hydrogen-bond acceptors (Lipinski definition) is 2. The number of nitrogens with zero attached hydrogens (tertiary/aromatic N) is 1. The molecule has 2 N–H and O–H groups in total. The van der Waals surface area contributed by atoms with Crippen LogP contribution >= 0.6 is 0 Å². The molecular formula is C9H8N2O. The predicted octanol–water partition coefficient (Wildman–Crippen LogP) is 0.750. The molecule has 0 unspecified atom stereocenters. The molecule has 0 aliphatic heterocycles. The molecule has 3 nitrogen and oxygen atoms in total. The number of rotatable bonds is 1. The maximum Gasteiger partial charge on any atom is 0.267 e. The fourth-order valence-corrected chi connectivity index (χ4v) is 1.27. The molecular weight excluding hydrogens is 152 g/mol. The lowest BCUT2D eigenvalue weighted by Crippen LogP contribution is -2.13. The zero-order valence-electron chi connectivity index (χ0n) is 6.45. The monoisotopic (exact) mass is 160 g/mol. The van der Waals surface area contributed by atoms with Crippen LogP contribution in [0, 0.1) is 0 Å². The summed E-state index contributed by atoms with van der Waals surface area (Å²) in [5.74, 6) is -0.474. The minimum atomic E-state index is -0.474. The van der Waals surface area contributed by atoms with E-state index in [4.69, 9.17) is 5.73 Å². The predicted molar refractivity (Wildman–Crippen MR) is 45.5 cm³/mol. The van der Waals surface area contributed by atoms with E-state index in [2.05, 4.69) is 4.98 Å². The largest absolute Gasteiger partial charge is 0.364 e. The molecule has 0 saturated heterocycles.